The standard InChI is InChI=1S/C14H13F5N2OS/c15-8-9(16)11(18)13(12(19)10(8)17)22-7-3-5-1-2-6(4-7)21(5)14(20)23/h5-7H,1-4H2,(H2,20,23). The molecule has 2 fully saturated rings. The van der Waals surface area contributed by atoms with Crippen molar-refractivity contribution in [3.8, 4) is 5.75 Å². The second-order valence-electron chi connectivity index (χ2n) is 5.74. The first kappa shape index (κ1) is 16.2. The maximum absolute atomic E-state index is 13.7. The van der Waals surface area contributed by atoms with E-state index in [0.717, 1.165) is 12.8 Å². The number of fused-ring (bicyclic) bond motifs is 2. The average molecular weight is 352 g/mol. The highest BCUT2D eigenvalue weighted by molar-refractivity contribution is 7.80. The van der Waals surface area contributed by atoms with Crippen LogP contribution < -0.4 is 10.5 Å². The molecule has 9 heteroatoms. The Morgan fingerprint density at radius 1 is 0.913 bits per heavy atom. The number of hydrogen-bond acceptors (Lipinski definition) is 2. The van der Waals surface area contributed by atoms with Crippen molar-refractivity contribution in [1.29, 1.82) is 0 Å². The third-order valence-electron chi connectivity index (χ3n) is 4.40. The summed E-state index contributed by atoms with van der Waals surface area (Å²) in [6.45, 7) is 0. The summed E-state index contributed by atoms with van der Waals surface area (Å²) in [6, 6.07) is -0.0879. The molecule has 2 saturated heterocycles. The van der Waals surface area contributed by atoms with Gasteiger partial charge in [-0.1, -0.05) is 0 Å². The first-order valence-electron chi connectivity index (χ1n) is 7.07. The van der Waals surface area contributed by atoms with Gasteiger partial charge in [0.2, 0.25) is 29.1 Å². The van der Waals surface area contributed by atoms with E-state index in [4.69, 9.17) is 22.7 Å². The maximum Gasteiger partial charge on any atom is 0.207 e. The zero-order chi connectivity index (χ0) is 16.9. The third kappa shape index (κ3) is 2.60. The Hall–Kier alpha value is -1.64. The van der Waals surface area contributed by atoms with Gasteiger partial charge in [0.15, 0.2) is 10.9 Å². The minimum Gasteiger partial charge on any atom is -0.484 e. The zero-order valence-electron chi connectivity index (χ0n) is 11.8. The molecule has 0 spiro atoms. The van der Waals surface area contributed by atoms with Crippen LogP contribution in [-0.2, 0) is 0 Å². The summed E-state index contributed by atoms with van der Waals surface area (Å²) in [6.07, 6.45) is 1.63. The molecule has 0 aromatic heterocycles. The molecule has 3 rings (SSSR count). The predicted molar refractivity (Wildman–Crippen MR) is 75.3 cm³/mol. The van der Waals surface area contributed by atoms with E-state index < -0.39 is 40.9 Å². The molecule has 1 aromatic carbocycles. The molecular formula is C14H13F5N2OS. The van der Waals surface area contributed by atoms with Crippen molar-refractivity contribution >= 4 is 17.3 Å². The van der Waals surface area contributed by atoms with Gasteiger partial charge in [-0.2, -0.15) is 8.78 Å². The van der Waals surface area contributed by atoms with Gasteiger partial charge in [-0.3, -0.25) is 0 Å². The van der Waals surface area contributed by atoms with Crippen LogP contribution in [-0.4, -0.2) is 28.2 Å². The smallest absolute Gasteiger partial charge is 0.207 e. The molecule has 1 aromatic rings. The lowest BCUT2D eigenvalue weighted by Crippen LogP contribution is -2.51. The van der Waals surface area contributed by atoms with E-state index in [-0.39, 0.29) is 17.2 Å². The first-order chi connectivity index (χ1) is 10.8. The van der Waals surface area contributed by atoms with Crippen molar-refractivity contribution in [1.82, 2.24) is 4.90 Å². The van der Waals surface area contributed by atoms with Crippen LogP contribution in [0, 0.1) is 29.1 Å². The number of thiocarbonyl (C=S) groups is 1. The van der Waals surface area contributed by atoms with Crippen LogP contribution in [0.1, 0.15) is 25.7 Å². The van der Waals surface area contributed by atoms with E-state index in [1.165, 1.54) is 0 Å². The van der Waals surface area contributed by atoms with Crippen LogP contribution in [0.25, 0.3) is 0 Å². The number of ether oxygens (including phenoxy) is 1. The lowest BCUT2D eigenvalue weighted by molar-refractivity contribution is 0.0809. The largest absolute Gasteiger partial charge is 0.484 e. The van der Waals surface area contributed by atoms with E-state index in [2.05, 4.69) is 0 Å². The van der Waals surface area contributed by atoms with Gasteiger partial charge in [0, 0.05) is 24.9 Å². The monoisotopic (exact) mass is 352 g/mol. The Morgan fingerprint density at radius 3 is 1.78 bits per heavy atom. The second-order valence-corrected chi connectivity index (χ2v) is 6.16. The highest BCUT2D eigenvalue weighted by Crippen LogP contribution is 2.38. The molecule has 126 valence electrons. The molecular weight excluding hydrogens is 339 g/mol. The highest BCUT2D eigenvalue weighted by Gasteiger charge is 2.43. The SMILES string of the molecule is NC(=S)N1C2CCC1CC(Oc1c(F)c(F)c(F)c(F)c1F)C2. The molecule has 2 heterocycles. The third-order valence-corrected chi connectivity index (χ3v) is 4.61. The summed E-state index contributed by atoms with van der Waals surface area (Å²) < 4.78 is 71.9. The van der Waals surface area contributed by atoms with Crippen molar-refractivity contribution in [2.24, 2.45) is 5.73 Å². The highest BCUT2D eigenvalue weighted by atomic mass is 32.1. The second kappa shape index (κ2) is 5.77. The Morgan fingerprint density at radius 2 is 1.35 bits per heavy atom. The van der Waals surface area contributed by atoms with Gasteiger partial charge < -0.3 is 15.4 Å². The van der Waals surface area contributed by atoms with Crippen LogP contribution in [0.4, 0.5) is 22.0 Å². The van der Waals surface area contributed by atoms with Crippen LogP contribution in [0.5, 0.6) is 5.75 Å². The number of benzene rings is 1. The predicted octanol–water partition coefficient (Wildman–Crippen LogP) is 3.00. The van der Waals surface area contributed by atoms with Crippen LogP contribution in [0.3, 0.4) is 0 Å². The van der Waals surface area contributed by atoms with Gasteiger partial charge >= 0.3 is 0 Å². The molecule has 0 amide bonds. The van der Waals surface area contributed by atoms with Gasteiger partial charge in [-0.25, -0.2) is 13.2 Å². The van der Waals surface area contributed by atoms with Gasteiger partial charge in [0.25, 0.3) is 0 Å². The molecule has 2 unspecified atom stereocenters. The van der Waals surface area contributed by atoms with Crippen molar-refractivity contribution in [3.05, 3.63) is 29.1 Å². The number of halogens is 5. The maximum atomic E-state index is 13.7. The van der Waals surface area contributed by atoms with E-state index in [0.29, 0.717) is 12.8 Å². The van der Waals surface area contributed by atoms with E-state index in [1.54, 1.807) is 0 Å². The van der Waals surface area contributed by atoms with Crippen molar-refractivity contribution < 1.29 is 26.7 Å². The number of nitrogens with zero attached hydrogens (tertiary/aromatic N) is 1. The Labute approximate surface area is 134 Å². The van der Waals surface area contributed by atoms with Crippen molar-refractivity contribution in [2.75, 3.05) is 0 Å². The van der Waals surface area contributed by atoms with Crippen LogP contribution >= 0.6 is 12.2 Å². The van der Waals surface area contributed by atoms with Gasteiger partial charge in [0.1, 0.15) is 6.10 Å². The lowest BCUT2D eigenvalue weighted by atomic mass is 10.00. The number of piperidine rings is 1. The summed E-state index contributed by atoms with van der Waals surface area (Å²) in [7, 11) is 0. The molecule has 2 aliphatic rings. The number of hydrogen-bond donors (Lipinski definition) is 1. The molecule has 23 heavy (non-hydrogen) atoms. The van der Waals surface area contributed by atoms with Crippen molar-refractivity contribution in [2.45, 2.75) is 43.9 Å². The normalized spacial score (nSPS) is 26.5. The van der Waals surface area contributed by atoms with E-state index in [1.807, 2.05) is 4.90 Å². The number of nitrogens with two attached hydrogens (primary N) is 1. The summed E-state index contributed by atoms with van der Waals surface area (Å²) in [5, 5.41) is 0.243. The minimum absolute atomic E-state index is 0.0440. The molecule has 0 radical (unpaired) electrons. The van der Waals surface area contributed by atoms with E-state index in [9.17, 15) is 22.0 Å². The fourth-order valence-electron chi connectivity index (χ4n) is 3.44. The van der Waals surface area contributed by atoms with Gasteiger partial charge in [-0.05, 0) is 25.1 Å². The fraction of sp³-hybridized carbons (Fsp3) is 0.500. The summed E-state index contributed by atoms with van der Waals surface area (Å²) in [5.41, 5.74) is 5.65. The van der Waals surface area contributed by atoms with Gasteiger partial charge in [-0.15, -0.1) is 0 Å². The fourth-order valence-corrected chi connectivity index (χ4v) is 3.74. The molecule has 2 bridgehead atoms. The van der Waals surface area contributed by atoms with Crippen molar-refractivity contribution in [3.63, 3.8) is 0 Å². The summed E-state index contributed by atoms with van der Waals surface area (Å²) >= 11 is 4.97. The Balaban J connectivity index is 1.84. The molecule has 2 aliphatic heterocycles. The zero-order valence-corrected chi connectivity index (χ0v) is 12.6. The quantitative estimate of drug-likeness (QED) is 0.384. The molecule has 2 N–H and O–H groups in total. The minimum atomic E-state index is -2.20. The molecule has 3 nitrogen and oxygen atoms in total. The number of rotatable bonds is 2. The average Bonchev–Trinajstić information content (AvgIpc) is 2.79. The van der Waals surface area contributed by atoms with Crippen LogP contribution in [0.2, 0.25) is 0 Å². The van der Waals surface area contributed by atoms with Crippen LogP contribution in [0.15, 0.2) is 0 Å². The Bertz CT molecular complexity index is 628. The van der Waals surface area contributed by atoms with Gasteiger partial charge in [0.05, 0.1) is 0 Å². The van der Waals surface area contributed by atoms with E-state index >= 15 is 0 Å². The lowest BCUT2D eigenvalue weighted by Gasteiger charge is -2.39. The molecule has 2 atom stereocenters. The first-order valence-corrected chi connectivity index (χ1v) is 7.48. The Kier molecular flexibility index (Phi) is 4.07. The summed E-state index contributed by atoms with van der Waals surface area (Å²) in [5.74, 6) is -11.4. The topological polar surface area (TPSA) is 38.5 Å². The molecule has 0 saturated carbocycles. The molecule has 0 aliphatic carbocycles. The summed E-state index contributed by atoms with van der Waals surface area (Å²) in [4.78, 5) is 1.85.